The normalized spacial score (nSPS) is 27.6. The summed E-state index contributed by atoms with van der Waals surface area (Å²) in [7, 11) is -3.64. The molecule has 2 atom stereocenters. The summed E-state index contributed by atoms with van der Waals surface area (Å²) in [5.41, 5.74) is 0. The van der Waals surface area contributed by atoms with E-state index < -0.39 is 14.6 Å². The van der Waals surface area contributed by atoms with Crippen LogP contribution >= 0.6 is 0 Å². The molecule has 0 bridgehead atoms. The maximum Gasteiger partial charge on any atom is 0.198 e. The van der Waals surface area contributed by atoms with Crippen LogP contribution in [0.1, 0.15) is 19.3 Å². The quantitative estimate of drug-likeness (QED) is 0.786. The van der Waals surface area contributed by atoms with Gasteiger partial charge in [0.15, 0.2) is 14.6 Å². The van der Waals surface area contributed by atoms with Crippen molar-refractivity contribution in [2.75, 3.05) is 0 Å². The Labute approximate surface area is 108 Å². The van der Waals surface area contributed by atoms with Crippen molar-refractivity contribution in [3.63, 3.8) is 0 Å². The third kappa shape index (κ3) is 1.67. The predicted octanol–water partition coefficient (Wildman–Crippen LogP) is 2.71. The lowest BCUT2D eigenvalue weighted by molar-refractivity contribution is 0.523. The Bertz CT molecular complexity index is 586. The fourth-order valence-electron chi connectivity index (χ4n) is 2.65. The van der Waals surface area contributed by atoms with Crippen molar-refractivity contribution >= 4 is 9.84 Å². The summed E-state index contributed by atoms with van der Waals surface area (Å²) < 4.78 is 24.0. The first-order chi connectivity index (χ1) is 8.58. The average molecular weight is 261 g/mol. The number of hydrogen-bond acceptors (Lipinski definition) is 3. The lowest BCUT2D eigenvalue weighted by Crippen LogP contribution is -2.40. The summed E-state index contributed by atoms with van der Waals surface area (Å²) in [4.78, 5) is 0.223. The SMILES string of the molecule is C=C[C@H]1CCC[C@]1(C#N)S(=O)(=O)c1ccccc1. The van der Waals surface area contributed by atoms with Crippen LogP contribution in [0.15, 0.2) is 47.9 Å². The van der Waals surface area contributed by atoms with Crippen LogP contribution in [0, 0.1) is 17.2 Å². The molecule has 1 fully saturated rings. The van der Waals surface area contributed by atoms with Gasteiger partial charge in [-0.15, -0.1) is 6.58 Å². The monoisotopic (exact) mass is 261 g/mol. The Balaban J connectivity index is 2.59. The number of rotatable bonds is 3. The van der Waals surface area contributed by atoms with Crippen LogP contribution in [0.3, 0.4) is 0 Å². The summed E-state index contributed by atoms with van der Waals surface area (Å²) >= 11 is 0. The van der Waals surface area contributed by atoms with E-state index in [1.165, 1.54) is 0 Å². The number of hydrogen-bond donors (Lipinski definition) is 0. The Morgan fingerprint density at radius 2 is 2.06 bits per heavy atom. The van der Waals surface area contributed by atoms with Gasteiger partial charge in [0, 0.05) is 5.92 Å². The molecule has 1 aliphatic carbocycles. The standard InChI is InChI=1S/C14H15NO2S/c1-2-12-7-6-10-14(12,11-15)18(16,17)13-8-4-3-5-9-13/h2-5,8-9,12H,1,6-7,10H2/t12-,14+/m0/s1. The van der Waals surface area contributed by atoms with Crippen molar-refractivity contribution in [2.24, 2.45) is 5.92 Å². The molecule has 1 saturated carbocycles. The van der Waals surface area contributed by atoms with Gasteiger partial charge in [-0.3, -0.25) is 0 Å². The zero-order valence-corrected chi connectivity index (χ0v) is 10.9. The minimum absolute atomic E-state index is 0.223. The van der Waals surface area contributed by atoms with Crippen LogP contribution in [0.5, 0.6) is 0 Å². The number of allylic oxidation sites excluding steroid dienone is 1. The van der Waals surface area contributed by atoms with E-state index in [1.807, 2.05) is 0 Å². The summed E-state index contributed by atoms with van der Waals surface area (Å²) in [6.45, 7) is 3.68. The molecule has 0 radical (unpaired) electrons. The number of nitrogens with zero attached hydrogens (tertiary/aromatic N) is 1. The minimum atomic E-state index is -3.64. The van der Waals surface area contributed by atoms with Crippen molar-refractivity contribution in [3.8, 4) is 6.07 Å². The number of nitriles is 1. The van der Waals surface area contributed by atoms with Crippen molar-refractivity contribution < 1.29 is 8.42 Å². The van der Waals surface area contributed by atoms with Crippen LogP contribution in [0.25, 0.3) is 0 Å². The largest absolute Gasteiger partial charge is 0.222 e. The van der Waals surface area contributed by atoms with Crippen LogP contribution in [-0.2, 0) is 9.84 Å². The van der Waals surface area contributed by atoms with E-state index in [1.54, 1.807) is 36.4 Å². The van der Waals surface area contributed by atoms with Crippen LogP contribution in [-0.4, -0.2) is 13.2 Å². The Kier molecular flexibility index (Phi) is 3.27. The van der Waals surface area contributed by atoms with E-state index in [0.717, 1.165) is 6.42 Å². The highest BCUT2D eigenvalue weighted by Gasteiger charge is 2.53. The highest BCUT2D eigenvalue weighted by atomic mass is 32.2. The van der Waals surface area contributed by atoms with E-state index in [2.05, 4.69) is 12.6 Å². The van der Waals surface area contributed by atoms with E-state index in [-0.39, 0.29) is 10.8 Å². The van der Waals surface area contributed by atoms with Crippen LogP contribution < -0.4 is 0 Å². The molecule has 18 heavy (non-hydrogen) atoms. The molecule has 0 spiro atoms. The molecule has 0 aromatic heterocycles. The van der Waals surface area contributed by atoms with E-state index >= 15 is 0 Å². The highest BCUT2D eigenvalue weighted by Crippen LogP contribution is 2.44. The molecule has 0 saturated heterocycles. The molecule has 1 aromatic carbocycles. The molecule has 94 valence electrons. The Morgan fingerprint density at radius 3 is 2.61 bits per heavy atom. The summed E-state index contributed by atoms with van der Waals surface area (Å²) in [6, 6.07) is 10.3. The molecular weight excluding hydrogens is 246 g/mol. The van der Waals surface area contributed by atoms with Crippen LogP contribution in [0.2, 0.25) is 0 Å². The first-order valence-corrected chi connectivity index (χ1v) is 7.40. The smallest absolute Gasteiger partial charge is 0.198 e. The van der Waals surface area contributed by atoms with Crippen molar-refractivity contribution in [2.45, 2.75) is 28.9 Å². The topological polar surface area (TPSA) is 57.9 Å². The molecule has 0 aliphatic heterocycles. The highest BCUT2D eigenvalue weighted by molar-refractivity contribution is 7.93. The van der Waals surface area contributed by atoms with Crippen molar-refractivity contribution in [1.29, 1.82) is 5.26 Å². The van der Waals surface area contributed by atoms with Crippen LogP contribution in [0.4, 0.5) is 0 Å². The molecule has 0 heterocycles. The van der Waals surface area contributed by atoms with Gasteiger partial charge in [0.2, 0.25) is 0 Å². The Morgan fingerprint density at radius 1 is 1.39 bits per heavy atom. The second-order valence-corrected chi connectivity index (χ2v) is 6.76. The molecule has 3 nitrogen and oxygen atoms in total. The fourth-order valence-corrected chi connectivity index (χ4v) is 4.74. The number of sulfone groups is 1. The molecule has 1 aliphatic rings. The molecule has 0 unspecified atom stereocenters. The molecular formula is C14H15NO2S. The minimum Gasteiger partial charge on any atom is -0.222 e. The third-order valence-electron chi connectivity index (χ3n) is 3.67. The lowest BCUT2D eigenvalue weighted by Gasteiger charge is -2.26. The predicted molar refractivity (Wildman–Crippen MR) is 69.5 cm³/mol. The van der Waals surface area contributed by atoms with Gasteiger partial charge in [0.1, 0.15) is 0 Å². The average Bonchev–Trinajstić information content (AvgIpc) is 2.84. The molecule has 1 aromatic rings. The summed E-state index contributed by atoms with van der Waals surface area (Å²) in [5, 5.41) is 9.44. The fraction of sp³-hybridized carbons (Fsp3) is 0.357. The van der Waals surface area contributed by atoms with Gasteiger partial charge < -0.3 is 0 Å². The molecule has 4 heteroatoms. The molecule has 2 rings (SSSR count). The van der Waals surface area contributed by atoms with Crippen molar-refractivity contribution in [1.82, 2.24) is 0 Å². The second kappa shape index (κ2) is 4.58. The zero-order valence-electron chi connectivity index (χ0n) is 10.0. The van der Waals surface area contributed by atoms with E-state index in [4.69, 9.17) is 0 Å². The van der Waals surface area contributed by atoms with Gasteiger partial charge >= 0.3 is 0 Å². The third-order valence-corrected chi connectivity index (χ3v) is 6.12. The maximum absolute atomic E-state index is 12.7. The summed E-state index contributed by atoms with van der Waals surface area (Å²) in [6.07, 6.45) is 3.45. The van der Waals surface area contributed by atoms with Gasteiger partial charge in [-0.2, -0.15) is 5.26 Å². The first-order valence-electron chi connectivity index (χ1n) is 5.92. The van der Waals surface area contributed by atoms with Gasteiger partial charge in [-0.25, -0.2) is 8.42 Å². The second-order valence-electron chi connectivity index (χ2n) is 4.55. The van der Waals surface area contributed by atoms with Gasteiger partial charge in [-0.05, 0) is 25.0 Å². The van der Waals surface area contributed by atoms with E-state index in [9.17, 15) is 13.7 Å². The lowest BCUT2D eigenvalue weighted by atomic mass is 9.97. The van der Waals surface area contributed by atoms with Gasteiger partial charge in [0.25, 0.3) is 0 Å². The Hall–Kier alpha value is -1.60. The summed E-state index contributed by atoms with van der Waals surface area (Å²) in [5.74, 6) is -0.285. The van der Waals surface area contributed by atoms with Gasteiger partial charge in [-0.1, -0.05) is 30.7 Å². The molecule has 0 amide bonds. The van der Waals surface area contributed by atoms with Gasteiger partial charge in [0.05, 0.1) is 11.0 Å². The number of benzene rings is 1. The molecule has 0 N–H and O–H groups in total. The van der Waals surface area contributed by atoms with E-state index in [0.29, 0.717) is 12.8 Å². The first kappa shape index (κ1) is 12.8. The zero-order chi connectivity index (χ0) is 13.2. The maximum atomic E-state index is 12.7. The van der Waals surface area contributed by atoms with Crippen molar-refractivity contribution in [3.05, 3.63) is 43.0 Å².